The van der Waals surface area contributed by atoms with E-state index in [1.54, 1.807) is 14.2 Å². The van der Waals surface area contributed by atoms with E-state index >= 15 is 0 Å². The molecular weight excluding hydrogens is 223 g/mol. The molecule has 1 N–H and O–H groups in total. The van der Waals surface area contributed by atoms with Crippen LogP contribution in [-0.2, 0) is 9.47 Å². The first kappa shape index (κ1) is 15.7. The minimum atomic E-state index is -4.06. The molecule has 0 bridgehead atoms. The summed E-state index contributed by atoms with van der Waals surface area (Å²) in [6.45, 7) is 1.38. The van der Waals surface area contributed by atoms with Crippen molar-refractivity contribution in [1.82, 2.24) is 5.32 Å². The molecule has 98 valence electrons. The number of ether oxygens (including phenoxy) is 2. The minimum Gasteiger partial charge on any atom is -0.382 e. The summed E-state index contributed by atoms with van der Waals surface area (Å²) in [6.07, 6.45) is -4.20. The fraction of sp³-hybridized carbons (Fsp3) is 1.00. The Hall–Kier alpha value is -0.330. The first-order chi connectivity index (χ1) is 7.49. The van der Waals surface area contributed by atoms with Crippen LogP contribution in [0.2, 0.25) is 0 Å². The first-order valence-electron chi connectivity index (χ1n) is 5.30. The number of likely N-dealkylation sites (N-methyl/N-ethyl adjacent to an activating group) is 1. The quantitative estimate of drug-likeness (QED) is 0.628. The molecule has 1 unspecified atom stereocenters. The van der Waals surface area contributed by atoms with Crippen molar-refractivity contribution in [1.29, 1.82) is 0 Å². The van der Waals surface area contributed by atoms with Crippen LogP contribution in [-0.4, -0.2) is 46.2 Å². The van der Waals surface area contributed by atoms with Crippen LogP contribution in [0.1, 0.15) is 19.3 Å². The van der Waals surface area contributed by atoms with E-state index in [2.05, 4.69) is 5.32 Å². The zero-order valence-corrected chi connectivity index (χ0v) is 9.77. The van der Waals surface area contributed by atoms with Crippen LogP contribution < -0.4 is 5.32 Å². The molecule has 0 amide bonds. The predicted octanol–water partition coefficient (Wildman–Crippen LogP) is 1.97. The third-order valence-electron chi connectivity index (χ3n) is 2.17. The molecule has 6 heteroatoms. The Morgan fingerprint density at radius 3 is 2.44 bits per heavy atom. The van der Waals surface area contributed by atoms with Crippen molar-refractivity contribution < 1.29 is 22.6 Å². The second kappa shape index (κ2) is 8.78. The molecular formula is C10H20F3NO2. The SMILES string of the molecule is CNC(CCCC(F)(F)F)COCCOC. The molecule has 0 aliphatic heterocycles. The maximum absolute atomic E-state index is 11.9. The lowest BCUT2D eigenvalue weighted by Crippen LogP contribution is -2.31. The topological polar surface area (TPSA) is 30.5 Å². The zero-order chi connectivity index (χ0) is 12.4. The number of rotatable bonds is 9. The highest BCUT2D eigenvalue weighted by molar-refractivity contribution is 4.65. The van der Waals surface area contributed by atoms with Crippen molar-refractivity contribution in [3.05, 3.63) is 0 Å². The van der Waals surface area contributed by atoms with Gasteiger partial charge in [-0.15, -0.1) is 0 Å². The third-order valence-corrected chi connectivity index (χ3v) is 2.17. The third kappa shape index (κ3) is 10.2. The molecule has 3 nitrogen and oxygen atoms in total. The van der Waals surface area contributed by atoms with Crippen LogP contribution in [0.25, 0.3) is 0 Å². The van der Waals surface area contributed by atoms with Gasteiger partial charge in [-0.1, -0.05) is 0 Å². The van der Waals surface area contributed by atoms with E-state index in [1.165, 1.54) is 0 Å². The maximum Gasteiger partial charge on any atom is 0.389 e. The van der Waals surface area contributed by atoms with Gasteiger partial charge in [-0.3, -0.25) is 0 Å². The van der Waals surface area contributed by atoms with Gasteiger partial charge in [0.15, 0.2) is 0 Å². The van der Waals surface area contributed by atoms with Crippen molar-refractivity contribution in [3.63, 3.8) is 0 Å². The number of nitrogens with one attached hydrogen (secondary N) is 1. The number of hydrogen-bond acceptors (Lipinski definition) is 3. The normalized spacial score (nSPS) is 14.1. The molecule has 0 aliphatic rings. The van der Waals surface area contributed by atoms with E-state index in [9.17, 15) is 13.2 Å². The van der Waals surface area contributed by atoms with Gasteiger partial charge in [0, 0.05) is 19.6 Å². The van der Waals surface area contributed by atoms with Crippen LogP contribution >= 0.6 is 0 Å². The number of halogens is 3. The summed E-state index contributed by atoms with van der Waals surface area (Å²) < 4.78 is 45.7. The molecule has 0 spiro atoms. The Labute approximate surface area is 94.3 Å². The van der Waals surface area contributed by atoms with Crippen LogP contribution in [0.15, 0.2) is 0 Å². The number of methoxy groups -OCH3 is 1. The maximum atomic E-state index is 11.9. The Balaban J connectivity index is 3.51. The highest BCUT2D eigenvalue weighted by atomic mass is 19.4. The molecule has 1 atom stereocenters. The Morgan fingerprint density at radius 2 is 1.94 bits per heavy atom. The lowest BCUT2D eigenvalue weighted by atomic mass is 10.1. The summed E-state index contributed by atoms with van der Waals surface area (Å²) in [7, 11) is 3.29. The second-order valence-corrected chi connectivity index (χ2v) is 3.56. The molecule has 0 aromatic rings. The highest BCUT2D eigenvalue weighted by Crippen LogP contribution is 2.22. The Bertz CT molecular complexity index is 165. The van der Waals surface area contributed by atoms with Gasteiger partial charge in [-0.25, -0.2) is 0 Å². The second-order valence-electron chi connectivity index (χ2n) is 3.56. The van der Waals surface area contributed by atoms with E-state index in [4.69, 9.17) is 9.47 Å². The highest BCUT2D eigenvalue weighted by Gasteiger charge is 2.26. The average Bonchev–Trinajstić information content (AvgIpc) is 2.20. The summed E-state index contributed by atoms with van der Waals surface area (Å²) in [4.78, 5) is 0. The smallest absolute Gasteiger partial charge is 0.382 e. The molecule has 0 fully saturated rings. The van der Waals surface area contributed by atoms with E-state index in [0.29, 0.717) is 26.2 Å². The first-order valence-corrected chi connectivity index (χ1v) is 5.30. The standard InChI is InChI=1S/C10H20F3NO2/c1-14-9(8-16-7-6-15-2)4-3-5-10(11,12)13/h9,14H,3-8H2,1-2H3. The molecule has 16 heavy (non-hydrogen) atoms. The molecule has 0 saturated heterocycles. The zero-order valence-electron chi connectivity index (χ0n) is 9.77. The molecule has 0 aromatic heterocycles. The van der Waals surface area contributed by atoms with Crippen LogP contribution in [0.3, 0.4) is 0 Å². The van der Waals surface area contributed by atoms with E-state index in [1.807, 2.05) is 0 Å². The van der Waals surface area contributed by atoms with E-state index < -0.39 is 12.6 Å². The molecule has 0 aromatic carbocycles. The van der Waals surface area contributed by atoms with Crippen LogP contribution in [0.4, 0.5) is 13.2 Å². The summed E-state index contributed by atoms with van der Waals surface area (Å²) >= 11 is 0. The number of alkyl halides is 3. The van der Waals surface area contributed by atoms with Gasteiger partial charge >= 0.3 is 6.18 Å². The lowest BCUT2D eigenvalue weighted by Gasteiger charge is -2.16. The van der Waals surface area contributed by atoms with Gasteiger partial charge in [0.1, 0.15) is 0 Å². The van der Waals surface area contributed by atoms with Crippen molar-refractivity contribution in [3.8, 4) is 0 Å². The molecule has 0 aliphatic carbocycles. The van der Waals surface area contributed by atoms with Gasteiger partial charge < -0.3 is 14.8 Å². The van der Waals surface area contributed by atoms with Gasteiger partial charge in [0.2, 0.25) is 0 Å². The Kier molecular flexibility index (Phi) is 8.60. The molecule has 0 heterocycles. The van der Waals surface area contributed by atoms with E-state index in [0.717, 1.165) is 0 Å². The summed E-state index contributed by atoms with van der Waals surface area (Å²) in [6, 6.07) is -0.0285. The van der Waals surface area contributed by atoms with Gasteiger partial charge in [0.05, 0.1) is 19.8 Å². The van der Waals surface area contributed by atoms with Gasteiger partial charge in [-0.2, -0.15) is 13.2 Å². The predicted molar refractivity (Wildman–Crippen MR) is 55.4 cm³/mol. The Morgan fingerprint density at radius 1 is 1.25 bits per heavy atom. The fourth-order valence-electron chi connectivity index (χ4n) is 1.23. The minimum absolute atomic E-state index is 0.0285. The summed E-state index contributed by atoms with van der Waals surface area (Å²) in [5.74, 6) is 0. The van der Waals surface area contributed by atoms with E-state index in [-0.39, 0.29) is 12.5 Å². The molecule has 0 radical (unpaired) electrons. The number of hydrogen-bond donors (Lipinski definition) is 1. The average molecular weight is 243 g/mol. The summed E-state index contributed by atoms with van der Waals surface area (Å²) in [5, 5.41) is 2.93. The van der Waals surface area contributed by atoms with Crippen molar-refractivity contribution in [2.75, 3.05) is 34.0 Å². The van der Waals surface area contributed by atoms with Crippen molar-refractivity contribution >= 4 is 0 Å². The summed E-state index contributed by atoms with van der Waals surface area (Å²) in [5.41, 5.74) is 0. The monoisotopic (exact) mass is 243 g/mol. The lowest BCUT2D eigenvalue weighted by molar-refractivity contribution is -0.136. The molecule has 0 saturated carbocycles. The van der Waals surface area contributed by atoms with Crippen LogP contribution in [0, 0.1) is 0 Å². The van der Waals surface area contributed by atoms with Crippen molar-refractivity contribution in [2.24, 2.45) is 0 Å². The van der Waals surface area contributed by atoms with Crippen molar-refractivity contribution in [2.45, 2.75) is 31.5 Å². The largest absolute Gasteiger partial charge is 0.389 e. The van der Waals surface area contributed by atoms with Gasteiger partial charge in [-0.05, 0) is 19.9 Å². The molecule has 0 rings (SSSR count). The fourth-order valence-corrected chi connectivity index (χ4v) is 1.23. The van der Waals surface area contributed by atoms with Gasteiger partial charge in [0.25, 0.3) is 0 Å². The van der Waals surface area contributed by atoms with Crippen LogP contribution in [0.5, 0.6) is 0 Å².